The van der Waals surface area contributed by atoms with Gasteiger partial charge in [0.05, 0.1) is 11.9 Å². The minimum Gasteiger partial charge on any atom is -0.487 e. The van der Waals surface area contributed by atoms with Crippen LogP contribution in [0.4, 0.5) is 8.78 Å². The Labute approximate surface area is 185 Å². The largest absolute Gasteiger partial charge is 0.487 e. The lowest BCUT2D eigenvalue weighted by molar-refractivity contribution is -0.136. The molecule has 3 aromatic rings. The van der Waals surface area contributed by atoms with Crippen molar-refractivity contribution in [1.82, 2.24) is 25.2 Å². The van der Waals surface area contributed by atoms with Crippen LogP contribution in [0.15, 0.2) is 42.6 Å². The van der Waals surface area contributed by atoms with E-state index in [9.17, 15) is 23.2 Å². The van der Waals surface area contributed by atoms with Gasteiger partial charge >= 0.3 is 0 Å². The van der Waals surface area contributed by atoms with Crippen molar-refractivity contribution in [2.75, 3.05) is 0 Å². The van der Waals surface area contributed by atoms with Gasteiger partial charge in [-0.3, -0.25) is 19.7 Å². The Kier molecular flexibility index (Phi) is 5.08. The molecular weight excluding hydrogens is 436 g/mol. The van der Waals surface area contributed by atoms with Crippen molar-refractivity contribution in [3.8, 4) is 11.4 Å². The van der Waals surface area contributed by atoms with Crippen molar-refractivity contribution in [1.29, 1.82) is 0 Å². The van der Waals surface area contributed by atoms with Crippen LogP contribution in [0, 0.1) is 11.6 Å². The van der Waals surface area contributed by atoms with Gasteiger partial charge in [-0.05, 0) is 24.1 Å². The third kappa shape index (κ3) is 4.04. The molecule has 2 aromatic carbocycles. The molecule has 33 heavy (non-hydrogen) atoms. The maximum absolute atomic E-state index is 13.3. The number of rotatable bonds is 5. The highest BCUT2D eigenvalue weighted by molar-refractivity contribution is 6.05. The summed E-state index contributed by atoms with van der Waals surface area (Å²) in [6.45, 7) is 0.220. The van der Waals surface area contributed by atoms with Gasteiger partial charge < -0.3 is 9.64 Å². The molecule has 1 aromatic heterocycles. The third-order valence-corrected chi connectivity index (χ3v) is 5.54. The topological polar surface area (TPSA) is 106 Å². The Hall–Kier alpha value is -4.15. The standard InChI is InChI=1S/C22H17F2N5O4/c23-13-5-14(24)7-17(6-13)33-11-15-10-29(27-26-15)16-2-1-12-9-28(22(32)18(12)8-16)19-3-4-20(30)25-21(19)31/h1-2,5-8,10,19H,3-4,9,11H2,(H,25,30,31). The van der Waals surface area contributed by atoms with Crippen LogP contribution in [0.1, 0.15) is 34.5 Å². The highest BCUT2D eigenvalue weighted by Gasteiger charge is 2.39. The number of nitrogens with one attached hydrogen (secondary N) is 1. The summed E-state index contributed by atoms with van der Waals surface area (Å²) in [6.07, 6.45) is 2.06. The number of hydrogen-bond donors (Lipinski definition) is 1. The van der Waals surface area contributed by atoms with Crippen molar-refractivity contribution in [3.05, 3.63) is 71.1 Å². The fraction of sp³-hybridized carbons (Fsp3) is 0.227. The number of amides is 3. The summed E-state index contributed by atoms with van der Waals surface area (Å²) in [5.74, 6) is -2.56. The number of ether oxygens (including phenoxy) is 1. The predicted octanol–water partition coefficient (Wildman–Crippen LogP) is 1.89. The number of imide groups is 1. The van der Waals surface area contributed by atoms with Gasteiger partial charge in [-0.2, -0.15) is 0 Å². The highest BCUT2D eigenvalue weighted by Crippen LogP contribution is 2.29. The molecule has 1 unspecified atom stereocenters. The number of fused-ring (bicyclic) bond motifs is 1. The zero-order valence-electron chi connectivity index (χ0n) is 17.1. The molecule has 2 aliphatic heterocycles. The molecule has 2 aliphatic rings. The van der Waals surface area contributed by atoms with Crippen LogP contribution in [0.3, 0.4) is 0 Å². The molecule has 0 saturated carbocycles. The lowest BCUT2D eigenvalue weighted by Gasteiger charge is -2.29. The quantitative estimate of drug-likeness (QED) is 0.592. The first-order valence-corrected chi connectivity index (χ1v) is 10.2. The first kappa shape index (κ1) is 20.7. The molecular formula is C22H17F2N5O4. The van der Waals surface area contributed by atoms with Crippen LogP contribution >= 0.6 is 0 Å². The number of benzene rings is 2. The van der Waals surface area contributed by atoms with Gasteiger partial charge in [0.25, 0.3) is 5.91 Å². The Bertz CT molecular complexity index is 1270. The molecule has 9 nitrogen and oxygen atoms in total. The summed E-state index contributed by atoms with van der Waals surface area (Å²) in [4.78, 5) is 38.0. The fourth-order valence-electron chi connectivity index (χ4n) is 3.95. The Morgan fingerprint density at radius 3 is 2.64 bits per heavy atom. The number of carbonyl (C=O) groups excluding carboxylic acids is 3. The van der Waals surface area contributed by atoms with Crippen LogP contribution < -0.4 is 10.1 Å². The first-order chi connectivity index (χ1) is 15.9. The molecule has 0 aliphatic carbocycles. The zero-order chi connectivity index (χ0) is 23.1. The van der Waals surface area contributed by atoms with Crippen LogP contribution in [0.2, 0.25) is 0 Å². The molecule has 0 bridgehead atoms. The average Bonchev–Trinajstić information content (AvgIpc) is 3.36. The van der Waals surface area contributed by atoms with Crippen molar-refractivity contribution >= 4 is 17.7 Å². The summed E-state index contributed by atoms with van der Waals surface area (Å²) in [5.41, 5.74) is 2.20. The lowest BCUT2D eigenvalue weighted by Crippen LogP contribution is -2.52. The Morgan fingerprint density at radius 2 is 1.88 bits per heavy atom. The van der Waals surface area contributed by atoms with Crippen LogP contribution in [0.25, 0.3) is 5.69 Å². The van der Waals surface area contributed by atoms with Gasteiger partial charge in [0.2, 0.25) is 11.8 Å². The van der Waals surface area contributed by atoms with Crippen molar-refractivity contribution in [2.45, 2.75) is 32.0 Å². The smallest absolute Gasteiger partial charge is 0.255 e. The number of hydrogen-bond acceptors (Lipinski definition) is 6. The van der Waals surface area contributed by atoms with E-state index in [4.69, 9.17) is 4.74 Å². The summed E-state index contributed by atoms with van der Waals surface area (Å²) in [7, 11) is 0. The second-order valence-corrected chi connectivity index (χ2v) is 7.79. The molecule has 0 radical (unpaired) electrons. The summed E-state index contributed by atoms with van der Waals surface area (Å²) in [6, 6.07) is 7.39. The van der Waals surface area contributed by atoms with Crippen molar-refractivity contribution in [2.24, 2.45) is 0 Å². The molecule has 5 rings (SSSR count). The van der Waals surface area contributed by atoms with Gasteiger partial charge in [-0.15, -0.1) is 5.10 Å². The van der Waals surface area contributed by atoms with E-state index in [2.05, 4.69) is 15.6 Å². The lowest BCUT2D eigenvalue weighted by atomic mass is 10.0. The summed E-state index contributed by atoms with van der Waals surface area (Å²) in [5, 5.41) is 10.3. The average molecular weight is 453 g/mol. The molecule has 0 spiro atoms. The Morgan fingerprint density at radius 1 is 1.09 bits per heavy atom. The maximum atomic E-state index is 13.3. The highest BCUT2D eigenvalue weighted by atomic mass is 19.1. The minimum absolute atomic E-state index is 0.0266. The number of piperidine rings is 1. The van der Waals surface area contributed by atoms with E-state index in [0.717, 1.165) is 23.8 Å². The fourth-order valence-corrected chi connectivity index (χ4v) is 3.95. The number of nitrogens with zero attached hydrogens (tertiary/aromatic N) is 4. The van der Waals surface area contributed by atoms with Crippen LogP contribution in [-0.2, 0) is 22.7 Å². The van der Waals surface area contributed by atoms with E-state index < -0.39 is 23.6 Å². The monoisotopic (exact) mass is 453 g/mol. The van der Waals surface area contributed by atoms with E-state index in [1.54, 1.807) is 24.4 Å². The normalized spacial score (nSPS) is 17.8. The SMILES string of the molecule is O=C1CCC(N2Cc3ccc(-n4cc(COc5cc(F)cc(F)c5)nn4)cc3C2=O)C(=O)N1. The second kappa shape index (κ2) is 8.08. The molecule has 3 amide bonds. The third-order valence-electron chi connectivity index (χ3n) is 5.54. The number of halogens is 2. The maximum Gasteiger partial charge on any atom is 0.255 e. The minimum atomic E-state index is -0.747. The van der Waals surface area contributed by atoms with E-state index >= 15 is 0 Å². The predicted molar refractivity (Wildman–Crippen MR) is 108 cm³/mol. The van der Waals surface area contributed by atoms with E-state index in [1.165, 1.54) is 9.58 Å². The summed E-state index contributed by atoms with van der Waals surface area (Å²) < 4.78 is 33.4. The van der Waals surface area contributed by atoms with Gasteiger partial charge in [-0.1, -0.05) is 11.3 Å². The van der Waals surface area contributed by atoms with Crippen molar-refractivity contribution < 1.29 is 27.9 Å². The number of carbonyl (C=O) groups is 3. The van der Waals surface area contributed by atoms with Gasteiger partial charge in [0.1, 0.15) is 35.7 Å². The van der Waals surface area contributed by atoms with E-state index in [-0.39, 0.29) is 37.1 Å². The number of aromatic nitrogens is 3. The molecule has 1 fully saturated rings. The Balaban J connectivity index is 1.30. The zero-order valence-corrected chi connectivity index (χ0v) is 17.1. The first-order valence-electron chi connectivity index (χ1n) is 10.2. The molecule has 11 heteroatoms. The van der Waals surface area contributed by atoms with Crippen LogP contribution in [0.5, 0.6) is 5.75 Å². The van der Waals surface area contributed by atoms with E-state index in [1.807, 2.05) is 0 Å². The van der Waals surface area contributed by atoms with Gasteiger partial charge in [0.15, 0.2) is 0 Å². The molecule has 168 valence electrons. The molecule has 1 saturated heterocycles. The van der Waals surface area contributed by atoms with E-state index in [0.29, 0.717) is 23.4 Å². The summed E-state index contributed by atoms with van der Waals surface area (Å²) >= 11 is 0. The molecule has 1 atom stereocenters. The van der Waals surface area contributed by atoms with Gasteiger partial charge in [-0.25, -0.2) is 13.5 Å². The second-order valence-electron chi connectivity index (χ2n) is 7.79. The van der Waals surface area contributed by atoms with Gasteiger partial charge in [0, 0.05) is 36.7 Å². The molecule has 3 heterocycles. The van der Waals surface area contributed by atoms with Crippen molar-refractivity contribution in [3.63, 3.8) is 0 Å². The molecule has 1 N–H and O–H groups in total. The van der Waals surface area contributed by atoms with Crippen LogP contribution in [-0.4, -0.2) is 43.7 Å².